The van der Waals surface area contributed by atoms with Crippen molar-refractivity contribution < 1.29 is 13.2 Å². The summed E-state index contributed by atoms with van der Waals surface area (Å²) in [5.41, 5.74) is 6.97. The Morgan fingerprint density at radius 2 is 1.78 bits per heavy atom. The third kappa shape index (κ3) is 3.97. The monoisotopic (exact) mass is 332 g/mol. The highest BCUT2D eigenvalue weighted by atomic mass is 32.2. The number of anilines is 1. The third-order valence-corrected chi connectivity index (χ3v) is 5.23. The van der Waals surface area contributed by atoms with Gasteiger partial charge in [0.1, 0.15) is 0 Å². The molecule has 3 N–H and O–H groups in total. The molecule has 0 bridgehead atoms. The van der Waals surface area contributed by atoms with Gasteiger partial charge in [-0.1, -0.05) is 25.1 Å². The van der Waals surface area contributed by atoms with E-state index in [4.69, 9.17) is 5.73 Å². The molecular formula is C17H20N2O3S. The maximum absolute atomic E-state index is 12.7. The fourth-order valence-electron chi connectivity index (χ4n) is 2.04. The highest BCUT2D eigenvalue weighted by Crippen LogP contribution is 2.23. The molecule has 0 aliphatic rings. The minimum Gasteiger partial charge on any atom is -0.325 e. The molecule has 122 valence electrons. The van der Waals surface area contributed by atoms with Gasteiger partial charge in [-0.25, -0.2) is 8.42 Å². The van der Waals surface area contributed by atoms with Crippen LogP contribution in [0.25, 0.3) is 0 Å². The molecule has 6 heteroatoms. The second kappa shape index (κ2) is 6.93. The molecule has 0 aliphatic carbocycles. The number of nitrogens with two attached hydrogens (primary N) is 1. The second-order valence-electron chi connectivity index (χ2n) is 5.31. The topological polar surface area (TPSA) is 89.3 Å². The summed E-state index contributed by atoms with van der Waals surface area (Å²) in [5.74, 6) is -0.369. The first-order valence-corrected chi connectivity index (χ1v) is 8.83. The van der Waals surface area contributed by atoms with Crippen molar-refractivity contribution in [1.29, 1.82) is 0 Å². The maximum Gasteiger partial charge on any atom is 0.240 e. The molecule has 0 heterocycles. The molecule has 2 aromatic rings. The van der Waals surface area contributed by atoms with Crippen molar-refractivity contribution in [3.63, 3.8) is 0 Å². The van der Waals surface area contributed by atoms with Crippen molar-refractivity contribution in [2.75, 3.05) is 5.32 Å². The molecule has 23 heavy (non-hydrogen) atoms. The van der Waals surface area contributed by atoms with Crippen molar-refractivity contribution in [1.82, 2.24) is 0 Å². The summed E-state index contributed by atoms with van der Waals surface area (Å²) in [4.78, 5) is 12.0. The SMILES string of the molecule is CCc1ccc(S(=O)(=O)c2cccc(NC(=O)C(C)N)c2)cc1. The molecule has 2 aromatic carbocycles. The van der Waals surface area contributed by atoms with E-state index < -0.39 is 15.9 Å². The summed E-state index contributed by atoms with van der Waals surface area (Å²) in [5, 5.41) is 2.60. The van der Waals surface area contributed by atoms with Crippen molar-refractivity contribution in [2.24, 2.45) is 5.73 Å². The zero-order valence-corrected chi connectivity index (χ0v) is 13.9. The van der Waals surface area contributed by atoms with Crippen LogP contribution in [0, 0.1) is 0 Å². The molecule has 0 radical (unpaired) electrons. The van der Waals surface area contributed by atoms with Gasteiger partial charge in [-0.05, 0) is 49.2 Å². The van der Waals surface area contributed by atoms with E-state index in [0.717, 1.165) is 12.0 Å². The molecule has 0 fully saturated rings. The van der Waals surface area contributed by atoms with Crippen molar-refractivity contribution in [3.8, 4) is 0 Å². The first-order chi connectivity index (χ1) is 10.8. The largest absolute Gasteiger partial charge is 0.325 e. The Balaban J connectivity index is 2.34. The highest BCUT2D eigenvalue weighted by Gasteiger charge is 2.18. The molecule has 0 saturated heterocycles. The van der Waals surface area contributed by atoms with Gasteiger partial charge in [-0.15, -0.1) is 0 Å². The van der Waals surface area contributed by atoms with E-state index in [0.29, 0.717) is 5.69 Å². The number of hydrogen-bond donors (Lipinski definition) is 2. The Hall–Kier alpha value is -2.18. The smallest absolute Gasteiger partial charge is 0.240 e. The van der Waals surface area contributed by atoms with Crippen LogP contribution in [0.5, 0.6) is 0 Å². The molecule has 0 saturated carbocycles. The van der Waals surface area contributed by atoms with E-state index in [9.17, 15) is 13.2 Å². The normalized spacial score (nSPS) is 12.7. The van der Waals surface area contributed by atoms with Gasteiger partial charge in [0.15, 0.2) is 0 Å². The third-order valence-electron chi connectivity index (χ3n) is 3.47. The summed E-state index contributed by atoms with van der Waals surface area (Å²) in [6.07, 6.45) is 0.846. The Morgan fingerprint density at radius 1 is 1.13 bits per heavy atom. The number of sulfone groups is 1. The van der Waals surface area contributed by atoms with Gasteiger partial charge in [-0.2, -0.15) is 0 Å². The van der Waals surface area contributed by atoms with Gasteiger partial charge in [0.25, 0.3) is 0 Å². The van der Waals surface area contributed by atoms with Crippen molar-refractivity contribution in [2.45, 2.75) is 36.1 Å². The van der Waals surface area contributed by atoms with Crippen molar-refractivity contribution in [3.05, 3.63) is 54.1 Å². The first kappa shape index (κ1) is 17.2. The molecule has 0 aliphatic heterocycles. The maximum atomic E-state index is 12.7. The number of nitrogens with one attached hydrogen (secondary N) is 1. The molecule has 1 amide bonds. The van der Waals surface area contributed by atoms with Crippen LogP contribution in [-0.4, -0.2) is 20.4 Å². The molecule has 1 atom stereocenters. The van der Waals surface area contributed by atoms with E-state index >= 15 is 0 Å². The number of carbonyl (C=O) groups excluding carboxylic acids is 1. The van der Waals surface area contributed by atoms with Crippen LogP contribution in [0.15, 0.2) is 58.3 Å². The van der Waals surface area contributed by atoms with Gasteiger partial charge in [0.2, 0.25) is 15.7 Å². The van der Waals surface area contributed by atoms with Crippen LogP contribution in [0.4, 0.5) is 5.69 Å². The van der Waals surface area contributed by atoms with E-state index in [1.807, 2.05) is 6.92 Å². The Bertz CT molecular complexity index is 797. The molecular weight excluding hydrogens is 312 g/mol. The molecule has 0 spiro atoms. The zero-order chi connectivity index (χ0) is 17.0. The summed E-state index contributed by atoms with van der Waals surface area (Å²) in [6.45, 7) is 3.57. The van der Waals surface area contributed by atoms with E-state index in [-0.39, 0.29) is 15.7 Å². The van der Waals surface area contributed by atoms with Crippen LogP contribution in [0.1, 0.15) is 19.4 Å². The summed E-state index contributed by atoms with van der Waals surface area (Å²) in [7, 11) is -3.63. The number of carbonyl (C=O) groups is 1. The lowest BCUT2D eigenvalue weighted by atomic mass is 10.2. The standard InChI is InChI=1S/C17H20N2O3S/c1-3-13-7-9-15(10-8-13)23(21,22)16-6-4-5-14(11-16)19-17(20)12(2)18/h4-12H,3,18H2,1-2H3,(H,19,20). The number of hydrogen-bond acceptors (Lipinski definition) is 4. The van der Waals surface area contributed by atoms with Gasteiger partial charge >= 0.3 is 0 Å². The average Bonchev–Trinajstić information content (AvgIpc) is 2.55. The first-order valence-electron chi connectivity index (χ1n) is 7.35. The van der Waals surface area contributed by atoms with Crippen LogP contribution >= 0.6 is 0 Å². The quantitative estimate of drug-likeness (QED) is 0.879. The molecule has 5 nitrogen and oxygen atoms in total. The van der Waals surface area contributed by atoms with Crippen LogP contribution < -0.4 is 11.1 Å². The highest BCUT2D eigenvalue weighted by molar-refractivity contribution is 7.91. The van der Waals surface area contributed by atoms with Crippen LogP contribution in [-0.2, 0) is 21.1 Å². The number of rotatable bonds is 5. The summed E-state index contributed by atoms with van der Waals surface area (Å²) in [6, 6.07) is 12.3. The average molecular weight is 332 g/mol. The number of benzene rings is 2. The number of aryl methyl sites for hydroxylation is 1. The molecule has 2 rings (SSSR count). The summed E-state index contributed by atoms with van der Waals surface area (Å²) < 4.78 is 25.3. The summed E-state index contributed by atoms with van der Waals surface area (Å²) >= 11 is 0. The van der Waals surface area contributed by atoms with Gasteiger partial charge in [0, 0.05) is 5.69 Å². The minimum absolute atomic E-state index is 0.129. The van der Waals surface area contributed by atoms with Crippen LogP contribution in [0.2, 0.25) is 0 Å². The Morgan fingerprint density at radius 3 is 2.35 bits per heavy atom. The lowest BCUT2D eigenvalue weighted by Gasteiger charge is -2.10. The fraction of sp³-hybridized carbons (Fsp3) is 0.235. The fourth-order valence-corrected chi connectivity index (χ4v) is 3.34. The molecule has 1 unspecified atom stereocenters. The zero-order valence-electron chi connectivity index (χ0n) is 13.1. The van der Waals surface area contributed by atoms with E-state index in [1.165, 1.54) is 12.1 Å². The van der Waals surface area contributed by atoms with Gasteiger partial charge in [-0.3, -0.25) is 4.79 Å². The van der Waals surface area contributed by atoms with E-state index in [1.54, 1.807) is 43.3 Å². The van der Waals surface area contributed by atoms with Gasteiger partial charge < -0.3 is 11.1 Å². The predicted molar refractivity (Wildman–Crippen MR) is 90.0 cm³/mol. The Kier molecular flexibility index (Phi) is 5.18. The predicted octanol–water partition coefficient (Wildman–Crippen LogP) is 2.37. The molecule has 0 aromatic heterocycles. The minimum atomic E-state index is -3.63. The lowest BCUT2D eigenvalue weighted by Crippen LogP contribution is -2.32. The lowest BCUT2D eigenvalue weighted by molar-refractivity contribution is -0.117. The van der Waals surface area contributed by atoms with Gasteiger partial charge in [0.05, 0.1) is 15.8 Å². The van der Waals surface area contributed by atoms with E-state index in [2.05, 4.69) is 5.32 Å². The van der Waals surface area contributed by atoms with Crippen LogP contribution in [0.3, 0.4) is 0 Å². The van der Waals surface area contributed by atoms with Crippen molar-refractivity contribution >= 4 is 21.4 Å². The Labute approximate surface area is 136 Å². The second-order valence-corrected chi connectivity index (χ2v) is 7.26. The number of amides is 1.